The Bertz CT molecular complexity index is 487. The molecule has 3 nitrogen and oxygen atoms in total. The van der Waals surface area contributed by atoms with Gasteiger partial charge in [-0.15, -0.1) is 0 Å². The molecule has 0 atom stereocenters. The molecular formula is C17H24O3. The van der Waals surface area contributed by atoms with Crippen LogP contribution in [0.4, 0.5) is 0 Å². The van der Waals surface area contributed by atoms with Gasteiger partial charge in [-0.05, 0) is 32.8 Å². The van der Waals surface area contributed by atoms with Crippen molar-refractivity contribution in [2.75, 3.05) is 6.61 Å². The summed E-state index contributed by atoms with van der Waals surface area (Å²) in [7, 11) is 0. The van der Waals surface area contributed by atoms with Gasteiger partial charge in [0.1, 0.15) is 12.2 Å². The first-order chi connectivity index (χ1) is 9.48. The fourth-order valence-corrected chi connectivity index (χ4v) is 3.27. The first-order valence-corrected chi connectivity index (χ1v) is 7.64. The highest BCUT2D eigenvalue weighted by atomic mass is 16.5. The standard InChI is InChI=1S/C17H24O3/c1-16(2)11-13-7-6-8-14(15(13)20-16)19-12-17(18)9-4-3-5-10-17/h6-8,18H,3-5,9-12H2,1-2H3. The molecule has 1 saturated carbocycles. The molecule has 0 spiro atoms. The lowest BCUT2D eigenvalue weighted by atomic mass is 9.85. The number of para-hydroxylation sites is 1. The van der Waals surface area contributed by atoms with Crippen molar-refractivity contribution in [2.45, 2.75) is 63.6 Å². The second-order valence-corrected chi connectivity index (χ2v) is 6.86. The highest BCUT2D eigenvalue weighted by molar-refractivity contribution is 5.50. The van der Waals surface area contributed by atoms with E-state index in [-0.39, 0.29) is 5.60 Å². The molecule has 3 heteroatoms. The first kappa shape index (κ1) is 13.7. The fourth-order valence-electron chi connectivity index (χ4n) is 3.27. The molecule has 1 N–H and O–H groups in total. The number of aliphatic hydroxyl groups is 1. The average molecular weight is 276 g/mol. The summed E-state index contributed by atoms with van der Waals surface area (Å²) in [6, 6.07) is 6.03. The van der Waals surface area contributed by atoms with Crippen LogP contribution in [0.2, 0.25) is 0 Å². The lowest BCUT2D eigenvalue weighted by Gasteiger charge is -2.31. The maximum Gasteiger partial charge on any atom is 0.165 e. The molecule has 1 aliphatic heterocycles. The summed E-state index contributed by atoms with van der Waals surface area (Å²) < 4.78 is 11.9. The molecule has 3 rings (SSSR count). The Balaban J connectivity index is 1.72. The van der Waals surface area contributed by atoms with Gasteiger partial charge >= 0.3 is 0 Å². The van der Waals surface area contributed by atoms with Crippen LogP contribution in [-0.4, -0.2) is 22.9 Å². The summed E-state index contributed by atoms with van der Waals surface area (Å²) in [5, 5.41) is 10.5. The summed E-state index contributed by atoms with van der Waals surface area (Å²) in [5.74, 6) is 1.63. The summed E-state index contributed by atoms with van der Waals surface area (Å²) in [5.41, 5.74) is 0.377. The van der Waals surface area contributed by atoms with Gasteiger partial charge < -0.3 is 14.6 Å². The van der Waals surface area contributed by atoms with Gasteiger partial charge in [0.25, 0.3) is 0 Å². The third-order valence-corrected chi connectivity index (χ3v) is 4.34. The van der Waals surface area contributed by atoms with Crippen molar-refractivity contribution < 1.29 is 14.6 Å². The van der Waals surface area contributed by atoms with E-state index in [4.69, 9.17) is 9.47 Å². The van der Waals surface area contributed by atoms with Crippen LogP contribution in [-0.2, 0) is 6.42 Å². The molecular weight excluding hydrogens is 252 g/mol. The van der Waals surface area contributed by atoms with Crippen LogP contribution in [0.5, 0.6) is 11.5 Å². The summed E-state index contributed by atoms with van der Waals surface area (Å²) in [6.07, 6.45) is 6.00. The lowest BCUT2D eigenvalue weighted by molar-refractivity contribution is -0.0347. The zero-order valence-corrected chi connectivity index (χ0v) is 12.4. The van der Waals surface area contributed by atoms with E-state index in [1.165, 1.54) is 12.0 Å². The van der Waals surface area contributed by atoms with Gasteiger partial charge in [-0.2, -0.15) is 0 Å². The number of hydrogen-bond acceptors (Lipinski definition) is 3. The topological polar surface area (TPSA) is 38.7 Å². The van der Waals surface area contributed by atoms with Crippen molar-refractivity contribution in [2.24, 2.45) is 0 Å². The van der Waals surface area contributed by atoms with Crippen molar-refractivity contribution in [3.05, 3.63) is 23.8 Å². The number of fused-ring (bicyclic) bond motifs is 1. The van der Waals surface area contributed by atoms with Crippen molar-refractivity contribution in [3.8, 4) is 11.5 Å². The molecule has 20 heavy (non-hydrogen) atoms. The zero-order valence-electron chi connectivity index (χ0n) is 12.4. The Morgan fingerprint density at radius 1 is 1.20 bits per heavy atom. The first-order valence-electron chi connectivity index (χ1n) is 7.64. The van der Waals surface area contributed by atoms with Crippen LogP contribution < -0.4 is 9.47 Å². The predicted octanol–water partition coefficient (Wildman–Crippen LogP) is 3.47. The van der Waals surface area contributed by atoms with Gasteiger partial charge in [0.2, 0.25) is 0 Å². The minimum Gasteiger partial charge on any atom is -0.487 e. The number of ether oxygens (including phenoxy) is 2. The van der Waals surface area contributed by atoms with Gasteiger partial charge in [-0.3, -0.25) is 0 Å². The van der Waals surface area contributed by atoms with Crippen LogP contribution in [0.1, 0.15) is 51.5 Å². The molecule has 1 aromatic carbocycles. The second kappa shape index (κ2) is 4.96. The molecule has 110 valence electrons. The van der Waals surface area contributed by atoms with Crippen LogP contribution >= 0.6 is 0 Å². The van der Waals surface area contributed by atoms with Gasteiger partial charge in [0.05, 0.1) is 5.60 Å². The molecule has 0 bridgehead atoms. The summed E-state index contributed by atoms with van der Waals surface area (Å²) >= 11 is 0. The Hall–Kier alpha value is -1.22. The van der Waals surface area contributed by atoms with Gasteiger partial charge in [-0.1, -0.05) is 31.4 Å². The molecule has 0 amide bonds. The molecule has 1 aromatic rings. The lowest BCUT2D eigenvalue weighted by Crippen LogP contribution is -2.38. The minimum absolute atomic E-state index is 0.163. The fraction of sp³-hybridized carbons (Fsp3) is 0.647. The zero-order chi connectivity index (χ0) is 14.2. The third-order valence-electron chi connectivity index (χ3n) is 4.34. The smallest absolute Gasteiger partial charge is 0.165 e. The minimum atomic E-state index is -0.658. The molecule has 0 aromatic heterocycles. The second-order valence-electron chi connectivity index (χ2n) is 6.86. The average Bonchev–Trinajstić information content (AvgIpc) is 2.71. The van der Waals surface area contributed by atoms with Crippen molar-refractivity contribution in [3.63, 3.8) is 0 Å². The van der Waals surface area contributed by atoms with Gasteiger partial charge in [0.15, 0.2) is 11.5 Å². The van der Waals surface area contributed by atoms with Crippen LogP contribution in [0, 0.1) is 0 Å². The van der Waals surface area contributed by atoms with Crippen molar-refractivity contribution >= 4 is 0 Å². The normalized spacial score (nSPS) is 22.9. The third kappa shape index (κ3) is 2.78. The van der Waals surface area contributed by atoms with Gasteiger partial charge in [-0.25, -0.2) is 0 Å². The van der Waals surface area contributed by atoms with E-state index in [9.17, 15) is 5.11 Å². The molecule has 1 fully saturated rings. The monoisotopic (exact) mass is 276 g/mol. The SMILES string of the molecule is CC1(C)Cc2cccc(OCC3(O)CCCCC3)c2O1. The Labute approximate surface area is 120 Å². The van der Waals surface area contributed by atoms with E-state index in [0.29, 0.717) is 6.61 Å². The van der Waals surface area contributed by atoms with E-state index in [1.54, 1.807) is 0 Å². The number of hydrogen-bond donors (Lipinski definition) is 1. The van der Waals surface area contributed by atoms with E-state index >= 15 is 0 Å². The molecule has 1 aliphatic carbocycles. The summed E-state index contributed by atoms with van der Waals surface area (Å²) in [4.78, 5) is 0. The Morgan fingerprint density at radius 2 is 1.95 bits per heavy atom. The summed E-state index contributed by atoms with van der Waals surface area (Å²) in [6.45, 7) is 4.55. The molecule has 1 heterocycles. The van der Waals surface area contributed by atoms with E-state index in [2.05, 4.69) is 19.9 Å². The highest BCUT2D eigenvalue weighted by Crippen LogP contribution is 2.42. The predicted molar refractivity (Wildman–Crippen MR) is 78.4 cm³/mol. The van der Waals surface area contributed by atoms with E-state index in [0.717, 1.165) is 43.6 Å². The molecule has 0 unspecified atom stereocenters. The van der Waals surface area contributed by atoms with Crippen molar-refractivity contribution in [1.29, 1.82) is 0 Å². The van der Waals surface area contributed by atoms with Crippen molar-refractivity contribution in [1.82, 2.24) is 0 Å². The Morgan fingerprint density at radius 3 is 2.70 bits per heavy atom. The van der Waals surface area contributed by atoms with Crippen LogP contribution in [0.3, 0.4) is 0 Å². The molecule has 0 radical (unpaired) electrons. The van der Waals surface area contributed by atoms with Gasteiger partial charge in [0, 0.05) is 12.0 Å². The quantitative estimate of drug-likeness (QED) is 0.918. The maximum atomic E-state index is 10.5. The molecule has 0 saturated heterocycles. The number of rotatable bonds is 3. The molecule has 2 aliphatic rings. The number of benzene rings is 1. The van der Waals surface area contributed by atoms with Crippen LogP contribution in [0.15, 0.2) is 18.2 Å². The van der Waals surface area contributed by atoms with Crippen LogP contribution in [0.25, 0.3) is 0 Å². The van der Waals surface area contributed by atoms with E-state index in [1.807, 2.05) is 12.1 Å². The highest BCUT2D eigenvalue weighted by Gasteiger charge is 2.34. The maximum absolute atomic E-state index is 10.5. The largest absolute Gasteiger partial charge is 0.487 e. The Kier molecular flexibility index (Phi) is 3.41. The van der Waals surface area contributed by atoms with E-state index < -0.39 is 5.60 Å².